The van der Waals surface area contributed by atoms with E-state index in [1.54, 1.807) is 11.6 Å². The van der Waals surface area contributed by atoms with Crippen molar-refractivity contribution in [3.63, 3.8) is 0 Å². The lowest BCUT2D eigenvalue weighted by Gasteiger charge is -2.20. The van der Waals surface area contributed by atoms with Gasteiger partial charge in [-0.15, -0.1) is 11.3 Å². The van der Waals surface area contributed by atoms with E-state index in [-0.39, 0.29) is 30.0 Å². The van der Waals surface area contributed by atoms with Crippen LogP contribution in [0.25, 0.3) is 0 Å². The van der Waals surface area contributed by atoms with Crippen LogP contribution in [0.2, 0.25) is 5.28 Å². The minimum absolute atomic E-state index is 0.0347. The molecule has 10 nitrogen and oxygen atoms in total. The lowest BCUT2D eigenvalue weighted by atomic mass is 9.92. The molecular formula is C18H23ClFN7O3S. The van der Waals surface area contributed by atoms with Gasteiger partial charge in [0.25, 0.3) is 0 Å². The Hall–Kier alpha value is -2.73. The van der Waals surface area contributed by atoms with E-state index in [4.69, 9.17) is 16.7 Å². The number of halogens is 2. The number of nitrogens with zero attached hydrogens (tertiary/aromatic N) is 3. The third kappa shape index (κ3) is 6.89. The minimum Gasteiger partial charge on any atom is -0.465 e. The monoisotopic (exact) mass is 471 g/mol. The highest BCUT2D eigenvalue weighted by atomic mass is 35.5. The van der Waals surface area contributed by atoms with Crippen molar-refractivity contribution in [2.45, 2.75) is 38.6 Å². The van der Waals surface area contributed by atoms with Gasteiger partial charge in [0.15, 0.2) is 11.6 Å². The maximum absolute atomic E-state index is 14.7. The van der Waals surface area contributed by atoms with E-state index in [1.807, 2.05) is 0 Å². The van der Waals surface area contributed by atoms with Gasteiger partial charge >= 0.3 is 6.09 Å². The molecule has 2 heterocycles. The number of rotatable bonds is 10. The topological polar surface area (TPSA) is 141 Å². The predicted molar refractivity (Wildman–Crippen MR) is 114 cm³/mol. The molecule has 1 aliphatic rings. The first-order chi connectivity index (χ1) is 14.9. The van der Waals surface area contributed by atoms with Crippen molar-refractivity contribution in [1.82, 2.24) is 25.7 Å². The summed E-state index contributed by atoms with van der Waals surface area (Å²) in [4.78, 5) is 35.2. The highest BCUT2D eigenvalue weighted by Gasteiger charge is 2.26. The van der Waals surface area contributed by atoms with Crippen LogP contribution in [0.4, 0.5) is 20.8 Å². The van der Waals surface area contributed by atoms with Crippen molar-refractivity contribution in [1.29, 1.82) is 0 Å². The fourth-order valence-corrected chi connectivity index (χ4v) is 4.21. The van der Waals surface area contributed by atoms with Gasteiger partial charge in [0.05, 0.1) is 12.5 Å². The molecular weight excluding hydrogens is 449 g/mol. The zero-order valence-electron chi connectivity index (χ0n) is 16.5. The molecule has 0 radical (unpaired) electrons. The zero-order chi connectivity index (χ0) is 22.2. The van der Waals surface area contributed by atoms with Crippen LogP contribution in [0.5, 0.6) is 0 Å². The fourth-order valence-electron chi connectivity index (χ4n) is 3.48. The molecule has 0 bridgehead atoms. The highest BCUT2D eigenvalue weighted by Crippen LogP contribution is 2.30. The Bertz CT molecular complexity index is 897. The molecule has 2 amide bonds. The number of carboxylic acid groups (broad SMARTS) is 1. The van der Waals surface area contributed by atoms with Crippen molar-refractivity contribution in [3.05, 3.63) is 27.7 Å². The molecule has 1 atom stereocenters. The first kappa shape index (κ1) is 22.9. The molecule has 2 aromatic heterocycles. The van der Waals surface area contributed by atoms with E-state index in [9.17, 15) is 14.0 Å². The largest absolute Gasteiger partial charge is 0.465 e. The van der Waals surface area contributed by atoms with Gasteiger partial charge in [0.1, 0.15) is 5.01 Å². The number of nitrogens with one attached hydrogen (secondary N) is 4. The molecule has 3 rings (SSSR count). The van der Waals surface area contributed by atoms with Crippen molar-refractivity contribution < 1.29 is 19.1 Å². The molecule has 0 aromatic carbocycles. The predicted octanol–water partition coefficient (Wildman–Crippen LogP) is 3.24. The second-order valence-electron chi connectivity index (χ2n) is 7.17. The summed E-state index contributed by atoms with van der Waals surface area (Å²) in [6, 6.07) is 0. The second kappa shape index (κ2) is 11.0. The molecule has 0 saturated heterocycles. The average molecular weight is 472 g/mol. The number of hydrazine groups is 1. The summed E-state index contributed by atoms with van der Waals surface area (Å²) in [5.74, 6) is -1.97. The van der Waals surface area contributed by atoms with Crippen LogP contribution >= 0.6 is 22.9 Å². The summed E-state index contributed by atoms with van der Waals surface area (Å²) in [5.41, 5.74) is 4.85. The Morgan fingerprint density at radius 2 is 2.03 bits per heavy atom. The Kier molecular flexibility index (Phi) is 8.18. The van der Waals surface area contributed by atoms with Gasteiger partial charge < -0.3 is 15.7 Å². The Balaban J connectivity index is 1.62. The van der Waals surface area contributed by atoms with Gasteiger partial charge in [-0.1, -0.05) is 25.7 Å². The first-order valence-corrected chi connectivity index (χ1v) is 11.1. The second-order valence-corrected chi connectivity index (χ2v) is 8.48. The number of hydrogen-bond acceptors (Lipinski definition) is 8. The van der Waals surface area contributed by atoms with Gasteiger partial charge in [0, 0.05) is 18.1 Å². The molecule has 0 spiro atoms. The van der Waals surface area contributed by atoms with Crippen molar-refractivity contribution in [3.8, 4) is 0 Å². The summed E-state index contributed by atoms with van der Waals surface area (Å²) in [7, 11) is 0. The van der Waals surface area contributed by atoms with Crippen LogP contribution < -0.4 is 21.5 Å². The molecule has 0 aliphatic heterocycles. The Morgan fingerprint density at radius 3 is 2.71 bits per heavy atom. The van der Waals surface area contributed by atoms with E-state index in [1.165, 1.54) is 11.3 Å². The third-order valence-corrected chi connectivity index (χ3v) is 5.93. The summed E-state index contributed by atoms with van der Waals surface area (Å²) in [5, 5.41) is 16.2. The summed E-state index contributed by atoms with van der Waals surface area (Å²) >= 11 is 7.29. The van der Waals surface area contributed by atoms with Crippen molar-refractivity contribution in [2.24, 2.45) is 11.8 Å². The van der Waals surface area contributed by atoms with Gasteiger partial charge in [-0.3, -0.25) is 15.6 Å². The SMILES string of the molecule is O=C(O)NC[C@@H](CC1CCCC1)C(=O)NNc1nc(Cl)nc(NCc2nccs2)c1F. The van der Waals surface area contributed by atoms with E-state index in [0.717, 1.165) is 30.7 Å². The van der Waals surface area contributed by atoms with Gasteiger partial charge in [-0.2, -0.15) is 14.4 Å². The maximum Gasteiger partial charge on any atom is 0.404 e. The number of anilines is 2. The molecule has 31 heavy (non-hydrogen) atoms. The maximum atomic E-state index is 14.7. The number of amides is 2. The number of carbonyl (C=O) groups is 2. The van der Waals surface area contributed by atoms with Crippen LogP contribution in [0.1, 0.15) is 37.1 Å². The van der Waals surface area contributed by atoms with E-state index < -0.39 is 23.7 Å². The molecule has 1 aliphatic carbocycles. The van der Waals surface area contributed by atoms with Crippen LogP contribution in [0, 0.1) is 17.7 Å². The fraction of sp³-hybridized carbons (Fsp3) is 0.500. The minimum atomic E-state index is -1.21. The first-order valence-electron chi connectivity index (χ1n) is 9.80. The normalized spacial score (nSPS) is 14.8. The van der Waals surface area contributed by atoms with Crippen LogP contribution in [0.15, 0.2) is 11.6 Å². The third-order valence-electron chi connectivity index (χ3n) is 4.98. The molecule has 5 N–H and O–H groups in total. The molecule has 168 valence electrons. The Morgan fingerprint density at radius 1 is 1.29 bits per heavy atom. The quantitative estimate of drug-likeness (QED) is 0.262. The Labute approximate surface area is 187 Å². The zero-order valence-corrected chi connectivity index (χ0v) is 18.1. The highest BCUT2D eigenvalue weighted by molar-refractivity contribution is 7.09. The number of aromatic nitrogens is 3. The van der Waals surface area contributed by atoms with E-state index in [2.05, 4.69) is 36.4 Å². The van der Waals surface area contributed by atoms with Crippen LogP contribution in [-0.4, -0.2) is 38.6 Å². The van der Waals surface area contributed by atoms with Crippen molar-refractivity contribution >= 4 is 46.6 Å². The van der Waals surface area contributed by atoms with Crippen molar-refractivity contribution in [2.75, 3.05) is 17.3 Å². The number of hydrogen-bond donors (Lipinski definition) is 5. The molecule has 1 fully saturated rings. The molecule has 13 heteroatoms. The van der Waals surface area contributed by atoms with Gasteiger partial charge in [-0.05, 0) is 23.9 Å². The lowest BCUT2D eigenvalue weighted by Crippen LogP contribution is -2.41. The summed E-state index contributed by atoms with van der Waals surface area (Å²) < 4.78 is 14.7. The van der Waals surface area contributed by atoms with Crippen LogP contribution in [0.3, 0.4) is 0 Å². The van der Waals surface area contributed by atoms with E-state index >= 15 is 0 Å². The standard InChI is InChI=1S/C18H23ClFN7O3S/c19-17-24-14(22-9-12-21-5-6-31-12)13(20)15(25-17)26-27-16(28)11(8-23-18(29)30)7-10-3-1-2-4-10/h5-6,10-11,23H,1-4,7-9H2,(H,27,28)(H,29,30)(H2,22,24,25,26)/t11-/m1/s1. The smallest absolute Gasteiger partial charge is 0.404 e. The molecule has 1 saturated carbocycles. The number of carbonyl (C=O) groups excluding carboxylic acids is 1. The van der Waals surface area contributed by atoms with E-state index in [0.29, 0.717) is 12.3 Å². The molecule has 0 unspecified atom stereocenters. The average Bonchev–Trinajstić information content (AvgIpc) is 3.44. The summed E-state index contributed by atoms with van der Waals surface area (Å²) in [6.07, 6.45) is 5.19. The number of thiazole rings is 1. The molecule has 2 aromatic rings. The van der Waals surface area contributed by atoms with Gasteiger partial charge in [0.2, 0.25) is 17.0 Å². The summed E-state index contributed by atoms with van der Waals surface area (Å²) in [6.45, 7) is 0.213. The van der Waals surface area contributed by atoms with Crippen LogP contribution in [-0.2, 0) is 11.3 Å². The lowest BCUT2D eigenvalue weighted by molar-refractivity contribution is -0.124. The van der Waals surface area contributed by atoms with Gasteiger partial charge in [-0.25, -0.2) is 9.78 Å².